The highest BCUT2D eigenvalue weighted by molar-refractivity contribution is 7.90. The van der Waals surface area contributed by atoms with Crippen molar-refractivity contribution < 1.29 is 13.2 Å². The van der Waals surface area contributed by atoms with Crippen LogP contribution < -0.4 is 10.6 Å². The van der Waals surface area contributed by atoms with Gasteiger partial charge in [-0.3, -0.25) is 4.79 Å². The molecule has 0 fully saturated rings. The Kier molecular flexibility index (Phi) is 4.42. The molecule has 1 aromatic carbocycles. The van der Waals surface area contributed by atoms with E-state index in [4.69, 9.17) is 0 Å². The van der Waals surface area contributed by atoms with Crippen LogP contribution in [-0.4, -0.2) is 44.9 Å². The second-order valence-corrected chi connectivity index (χ2v) is 6.97. The third-order valence-electron chi connectivity index (χ3n) is 2.98. The van der Waals surface area contributed by atoms with E-state index in [0.29, 0.717) is 16.9 Å². The van der Waals surface area contributed by atoms with Crippen molar-refractivity contribution in [2.75, 3.05) is 30.9 Å². The van der Waals surface area contributed by atoms with Crippen LogP contribution in [0.5, 0.6) is 0 Å². The molecule has 0 aliphatic carbocycles. The maximum Gasteiger partial charge on any atom is 0.252 e. The van der Waals surface area contributed by atoms with Crippen LogP contribution in [0.2, 0.25) is 0 Å². The van der Waals surface area contributed by atoms with Gasteiger partial charge < -0.3 is 10.6 Å². The highest BCUT2D eigenvalue weighted by Gasteiger charge is 2.13. The van der Waals surface area contributed by atoms with Gasteiger partial charge in [-0.25, -0.2) is 13.4 Å². The maximum absolute atomic E-state index is 12.3. The minimum atomic E-state index is -3.10. The largest absolute Gasteiger partial charge is 0.373 e. The van der Waals surface area contributed by atoms with Gasteiger partial charge in [0.15, 0.2) is 0 Å². The van der Waals surface area contributed by atoms with Crippen molar-refractivity contribution in [3.8, 4) is 0 Å². The summed E-state index contributed by atoms with van der Waals surface area (Å²) in [7, 11) is -1.37. The van der Waals surface area contributed by atoms with Crippen LogP contribution >= 0.6 is 0 Å². The van der Waals surface area contributed by atoms with Crippen molar-refractivity contribution in [2.24, 2.45) is 0 Å². The van der Waals surface area contributed by atoms with Gasteiger partial charge in [-0.05, 0) is 12.1 Å². The molecule has 0 spiro atoms. The van der Waals surface area contributed by atoms with Gasteiger partial charge in [0, 0.05) is 25.2 Å². The molecule has 0 aliphatic rings. The molecular weight excluding hydrogens is 290 g/mol. The molecule has 7 heteroatoms. The molecular formula is C14H17N3O3S. The van der Waals surface area contributed by atoms with Crippen LogP contribution in [-0.2, 0) is 9.84 Å². The summed E-state index contributed by atoms with van der Waals surface area (Å²) < 4.78 is 22.2. The Hall–Kier alpha value is -2.15. The van der Waals surface area contributed by atoms with E-state index >= 15 is 0 Å². The van der Waals surface area contributed by atoms with Crippen molar-refractivity contribution in [1.29, 1.82) is 0 Å². The minimum Gasteiger partial charge on any atom is -0.373 e. The van der Waals surface area contributed by atoms with Crippen LogP contribution in [0, 0.1) is 0 Å². The molecule has 21 heavy (non-hydrogen) atoms. The number of benzene rings is 1. The summed E-state index contributed by atoms with van der Waals surface area (Å²) in [5.41, 5.74) is 1.18. The molecule has 0 aliphatic heterocycles. The van der Waals surface area contributed by atoms with Crippen molar-refractivity contribution in [2.45, 2.75) is 0 Å². The number of nitrogens with one attached hydrogen (secondary N) is 2. The van der Waals surface area contributed by atoms with Gasteiger partial charge in [0.05, 0.1) is 16.8 Å². The van der Waals surface area contributed by atoms with Crippen molar-refractivity contribution >= 4 is 32.5 Å². The first kappa shape index (κ1) is 15.2. The number of fused-ring (bicyclic) bond motifs is 1. The maximum atomic E-state index is 12.3. The highest BCUT2D eigenvalue weighted by atomic mass is 32.2. The van der Waals surface area contributed by atoms with Crippen LogP contribution in [0.4, 0.5) is 5.82 Å². The SMILES string of the molecule is CNc1cc(C(=O)NCCS(C)(=O)=O)c2ccccc2n1. The Morgan fingerprint density at radius 2 is 2.00 bits per heavy atom. The van der Waals surface area contributed by atoms with Gasteiger partial charge in [0.25, 0.3) is 5.91 Å². The monoisotopic (exact) mass is 307 g/mol. The van der Waals surface area contributed by atoms with Gasteiger partial charge in [0.1, 0.15) is 15.7 Å². The predicted octanol–water partition coefficient (Wildman–Crippen LogP) is 1.05. The van der Waals surface area contributed by atoms with Gasteiger partial charge in [-0.15, -0.1) is 0 Å². The van der Waals surface area contributed by atoms with Crippen LogP contribution in [0.15, 0.2) is 30.3 Å². The fraction of sp³-hybridized carbons (Fsp3) is 0.286. The zero-order valence-corrected chi connectivity index (χ0v) is 12.7. The number of aromatic nitrogens is 1. The molecule has 0 radical (unpaired) electrons. The van der Waals surface area contributed by atoms with Crippen molar-refractivity contribution in [3.05, 3.63) is 35.9 Å². The van der Waals surface area contributed by atoms with E-state index in [9.17, 15) is 13.2 Å². The number of pyridine rings is 1. The zero-order valence-electron chi connectivity index (χ0n) is 11.9. The number of hydrogen-bond acceptors (Lipinski definition) is 5. The van der Waals surface area contributed by atoms with E-state index in [1.54, 1.807) is 13.1 Å². The average Bonchev–Trinajstić information content (AvgIpc) is 2.44. The Bertz CT molecular complexity index is 772. The number of nitrogens with zero attached hydrogens (tertiary/aromatic N) is 1. The Labute approximate surface area is 123 Å². The van der Waals surface area contributed by atoms with E-state index in [1.165, 1.54) is 0 Å². The number of hydrogen-bond donors (Lipinski definition) is 2. The number of carbonyl (C=O) groups is 1. The van der Waals surface area contributed by atoms with Crippen LogP contribution in [0.3, 0.4) is 0 Å². The summed E-state index contributed by atoms with van der Waals surface area (Å²) in [6.45, 7) is 0.0865. The fourth-order valence-electron chi connectivity index (χ4n) is 1.94. The van der Waals surface area contributed by atoms with Gasteiger partial charge in [-0.1, -0.05) is 18.2 Å². The quantitative estimate of drug-likeness (QED) is 0.862. The molecule has 0 atom stereocenters. The smallest absolute Gasteiger partial charge is 0.252 e. The first-order chi connectivity index (χ1) is 9.90. The normalized spacial score (nSPS) is 11.3. The molecule has 0 bridgehead atoms. The first-order valence-electron chi connectivity index (χ1n) is 6.44. The summed E-state index contributed by atoms with van der Waals surface area (Å²) in [5.74, 6) is 0.191. The molecule has 1 heterocycles. The summed E-state index contributed by atoms with van der Waals surface area (Å²) in [5, 5.41) is 6.26. The summed E-state index contributed by atoms with van der Waals surface area (Å²) in [6.07, 6.45) is 1.14. The lowest BCUT2D eigenvalue weighted by Gasteiger charge is -2.09. The fourth-order valence-corrected chi connectivity index (χ4v) is 2.41. The van der Waals surface area contributed by atoms with Crippen molar-refractivity contribution in [3.63, 3.8) is 0 Å². The van der Waals surface area contributed by atoms with E-state index < -0.39 is 9.84 Å². The third kappa shape index (κ3) is 3.91. The second kappa shape index (κ2) is 6.09. The van der Waals surface area contributed by atoms with Gasteiger partial charge in [0.2, 0.25) is 0 Å². The molecule has 0 unspecified atom stereocenters. The number of amides is 1. The Balaban J connectivity index is 2.29. The summed E-state index contributed by atoms with van der Waals surface area (Å²) in [6, 6.07) is 8.96. The molecule has 1 aromatic heterocycles. The standard InChI is InChI=1S/C14H17N3O3S/c1-15-13-9-11(10-5-3-4-6-12(10)17-13)14(18)16-7-8-21(2,19)20/h3-6,9H,7-8H2,1-2H3,(H,15,17)(H,16,18). The summed E-state index contributed by atoms with van der Waals surface area (Å²) in [4.78, 5) is 16.6. The molecule has 0 saturated heterocycles. The van der Waals surface area contributed by atoms with Crippen molar-refractivity contribution in [1.82, 2.24) is 10.3 Å². The summed E-state index contributed by atoms with van der Waals surface area (Å²) >= 11 is 0. The lowest BCUT2D eigenvalue weighted by atomic mass is 10.1. The van der Waals surface area contributed by atoms with E-state index in [0.717, 1.165) is 11.6 Å². The lowest BCUT2D eigenvalue weighted by Crippen LogP contribution is -2.29. The third-order valence-corrected chi connectivity index (χ3v) is 3.92. The highest BCUT2D eigenvalue weighted by Crippen LogP contribution is 2.20. The minimum absolute atomic E-state index is 0.0827. The average molecular weight is 307 g/mol. The molecule has 1 amide bonds. The molecule has 0 saturated carbocycles. The number of carbonyl (C=O) groups excluding carboxylic acids is 1. The van der Waals surface area contributed by atoms with E-state index in [-0.39, 0.29) is 18.2 Å². The van der Waals surface area contributed by atoms with E-state index in [1.807, 2.05) is 24.3 Å². The van der Waals surface area contributed by atoms with Gasteiger partial charge in [-0.2, -0.15) is 0 Å². The van der Waals surface area contributed by atoms with Crippen LogP contribution in [0.25, 0.3) is 10.9 Å². The predicted molar refractivity (Wildman–Crippen MR) is 83.3 cm³/mol. The molecule has 2 aromatic rings. The molecule has 112 valence electrons. The van der Waals surface area contributed by atoms with Crippen LogP contribution in [0.1, 0.15) is 10.4 Å². The Morgan fingerprint density at radius 3 is 2.67 bits per heavy atom. The number of rotatable bonds is 5. The number of sulfone groups is 1. The Morgan fingerprint density at radius 1 is 1.29 bits per heavy atom. The topological polar surface area (TPSA) is 88.2 Å². The number of anilines is 1. The number of para-hydroxylation sites is 1. The lowest BCUT2D eigenvalue weighted by molar-refractivity contribution is 0.0958. The molecule has 6 nitrogen and oxygen atoms in total. The molecule has 2 N–H and O–H groups in total. The second-order valence-electron chi connectivity index (χ2n) is 4.71. The van der Waals surface area contributed by atoms with Gasteiger partial charge >= 0.3 is 0 Å². The molecule has 2 rings (SSSR count). The van der Waals surface area contributed by atoms with E-state index in [2.05, 4.69) is 15.6 Å². The zero-order chi connectivity index (χ0) is 15.5. The first-order valence-corrected chi connectivity index (χ1v) is 8.50.